The Morgan fingerprint density at radius 3 is 2.41 bits per heavy atom. The van der Waals surface area contributed by atoms with Crippen molar-refractivity contribution in [2.24, 2.45) is 0 Å². The topological polar surface area (TPSA) is 53.4 Å². The summed E-state index contributed by atoms with van der Waals surface area (Å²) < 4.78 is 1.88. The molecular weight excluding hydrogens is 386 g/mol. The van der Waals surface area contributed by atoms with Gasteiger partial charge < -0.3 is 15.1 Å². The van der Waals surface area contributed by atoms with Crippen molar-refractivity contribution in [1.29, 1.82) is 0 Å². The number of rotatable bonds is 5. The fraction of sp³-hybridized carbons (Fsp3) is 0.273. The van der Waals surface area contributed by atoms with Crippen LogP contribution in [0.2, 0.25) is 5.02 Å². The van der Waals surface area contributed by atoms with E-state index in [4.69, 9.17) is 11.6 Å². The van der Waals surface area contributed by atoms with Crippen molar-refractivity contribution in [3.05, 3.63) is 83.1 Å². The fourth-order valence-corrected chi connectivity index (χ4v) is 3.85. The van der Waals surface area contributed by atoms with E-state index in [1.807, 2.05) is 58.2 Å². The average molecular weight is 410 g/mol. The third-order valence-electron chi connectivity index (χ3n) is 5.20. The standard InChI is InChI=1S/C22H24ClN5O/c23-20-8-3-4-9-21(20)26-12-14-27(15-13-26)22(29)24-16-18-6-1-2-7-19(18)17-28-11-5-10-25-28/h1-11H,12-17H2,(H,24,29). The Bertz CT molecular complexity index is 951. The Hall–Kier alpha value is -2.99. The molecule has 6 nitrogen and oxygen atoms in total. The van der Waals surface area contributed by atoms with Crippen molar-refractivity contribution in [3.8, 4) is 0 Å². The first kappa shape index (κ1) is 19.3. The van der Waals surface area contributed by atoms with Crippen molar-refractivity contribution in [2.75, 3.05) is 31.1 Å². The van der Waals surface area contributed by atoms with E-state index in [-0.39, 0.29) is 6.03 Å². The minimum absolute atomic E-state index is 0.0299. The molecule has 0 spiro atoms. The van der Waals surface area contributed by atoms with Gasteiger partial charge in [-0.3, -0.25) is 4.68 Å². The van der Waals surface area contributed by atoms with Gasteiger partial charge in [0.15, 0.2) is 0 Å². The predicted molar refractivity (Wildman–Crippen MR) is 115 cm³/mol. The molecule has 0 radical (unpaired) electrons. The highest BCUT2D eigenvalue weighted by Gasteiger charge is 2.22. The molecule has 29 heavy (non-hydrogen) atoms. The van der Waals surface area contributed by atoms with E-state index in [2.05, 4.69) is 27.4 Å². The molecule has 1 saturated heterocycles. The van der Waals surface area contributed by atoms with Crippen molar-refractivity contribution >= 4 is 23.3 Å². The SMILES string of the molecule is O=C(NCc1ccccc1Cn1cccn1)N1CCN(c2ccccc2Cl)CC1. The van der Waals surface area contributed by atoms with Crippen LogP contribution in [0.5, 0.6) is 0 Å². The van der Waals surface area contributed by atoms with Crippen LogP contribution in [-0.2, 0) is 13.1 Å². The lowest BCUT2D eigenvalue weighted by Crippen LogP contribution is -2.51. The molecule has 4 rings (SSSR count). The average Bonchev–Trinajstić information content (AvgIpc) is 3.26. The Kier molecular flexibility index (Phi) is 6.00. The number of piperazine rings is 1. The molecule has 0 atom stereocenters. The van der Waals surface area contributed by atoms with Crippen molar-refractivity contribution in [2.45, 2.75) is 13.1 Å². The van der Waals surface area contributed by atoms with E-state index in [1.54, 1.807) is 6.20 Å². The molecule has 0 bridgehead atoms. The smallest absolute Gasteiger partial charge is 0.317 e. The molecule has 7 heteroatoms. The van der Waals surface area contributed by atoms with E-state index in [1.165, 1.54) is 0 Å². The second kappa shape index (κ2) is 9.01. The monoisotopic (exact) mass is 409 g/mol. The van der Waals surface area contributed by atoms with Gasteiger partial charge in [0.05, 0.1) is 17.3 Å². The summed E-state index contributed by atoms with van der Waals surface area (Å²) in [6, 6.07) is 17.9. The number of hydrogen-bond donors (Lipinski definition) is 1. The molecule has 1 aliphatic rings. The van der Waals surface area contributed by atoms with Crippen LogP contribution in [0.3, 0.4) is 0 Å². The van der Waals surface area contributed by atoms with E-state index in [9.17, 15) is 4.79 Å². The number of urea groups is 1. The summed E-state index contributed by atoms with van der Waals surface area (Å²) in [5, 5.41) is 8.08. The van der Waals surface area contributed by atoms with Gasteiger partial charge in [-0.2, -0.15) is 5.10 Å². The molecule has 3 aromatic rings. The minimum atomic E-state index is -0.0299. The van der Waals surface area contributed by atoms with Gasteiger partial charge in [0, 0.05) is 45.1 Å². The van der Waals surface area contributed by atoms with E-state index in [0.717, 1.165) is 34.9 Å². The van der Waals surface area contributed by atoms with Gasteiger partial charge in [-0.05, 0) is 29.3 Å². The largest absolute Gasteiger partial charge is 0.367 e. The molecule has 1 N–H and O–H groups in total. The Labute approximate surface area is 175 Å². The first-order valence-electron chi connectivity index (χ1n) is 9.77. The highest BCUT2D eigenvalue weighted by atomic mass is 35.5. The summed E-state index contributed by atoms with van der Waals surface area (Å²) in [4.78, 5) is 16.8. The number of carbonyl (C=O) groups excluding carboxylic acids is 1. The quantitative estimate of drug-likeness (QED) is 0.700. The lowest BCUT2D eigenvalue weighted by Gasteiger charge is -2.36. The number of carbonyl (C=O) groups is 1. The maximum Gasteiger partial charge on any atom is 0.317 e. The molecule has 0 aliphatic carbocycles. The zero-order chi connectivity index (χ0) is 20.1. The molecule has 2 aromatic carbocycles. The van der Waals surface area contributed by atoms with Crippen LogP contribution >= 0.6 is 11.6 Å². The van der Waals surface area contributed by atoms with Gasteiger partial charge in [-0.1, -0.05) is 48.0 Å². The first-order valence-corrected chi connectivity index (χ1v) is 10.1. The molecular formula is C22H24ClN5O. The molecule has 1 aliphatic heterocycles. The molecule has 2 amide bonds. The van der Waals surface area contributed by atoms with Gasteiger partial charge in [-0.25, -0.2) is 4.79 Å². The number of amides is 2. The highest BCUT2D eigenvalue weighted by molar-refractivity contribution is 6.33. The third kappa shape index (κ3) is 4.71. The van der Waals surface area contributed by atoms with E-state index >= 15 is 0 Å². The van der Waals surface area contributed by atoms with Crippen LogP contribution in [0.4, 0.5) is 10.5 Å². The Morgan fingerprint density at radius 1 is 0.966 bits per heavy atom. The second-order valence-corrected chi connectivity index (χ2v) is 7.46. The van der Waals surface area contributed by atoms with Crippen LogP contribution in [0.25, 0.3) is 0 Å². The number of benzene rings is 2. The number of nitrogens with zero attached hydrogens (tertiary/aromatic N) is 4. The van der Waals surface area contributed by atoms with Crippen LogP contribution in [0, 0.1) is 0 Å². The summed E-state index contributed by atoms with van der Waals surface area (Å²) in [7, 11) is 0. The second-order valence-electron chi connectivity index (χ2n) is 7.06. The summed E-state index contributed by atoms with van der Waals surface area (Å²) in [5.74, 6) is 0. The normalized spacial score (nSPS) is 14.1. The van der Waals surface area contributed by atoms with Gasteiger partial charge in [0.1, 0.15) is 0 Å². The van der Waals surface area contributed by atoms with Gasteiger partial charge in [0.2, 0.25) is 0 Å². The van der Waals surface area contributed by atoms with Gasteiger partial charge in [0.25, 0.3) is 0 Å². The lowest BCUT2D eigenvalue weighted by atomic mass is 10.1. The van der Waals surface area contributed by atoms with Gasteiger partial charge in [-0.15, -0.1) is 0 Å². The first-order chi connectivity index (χ1) is 14.2. The summed E-state index contributed by atoms with van der Waals surface area (Å²) >= 11 is 6.30. The van der Waals surface area contributed by atoms with Crippen molar-refractivity contribution in [1.82, 2.24) is 20.0 Å². The molecule has 1 aromatic heterocycles. The predicted octanol–water partition coefficient (Wildman–Crippen LogP) is 3.62. The third-order valence-corrected chi connectivity index (χ3v) is 5.52. The minimum Gasteiger partial charge on any atom is -0.367 e. The Balaban J connectivity index is 1.31. The maximum absolute atomic E-state index is 12.7. The van der Waals surface area contributed by atoms with Crippen LogP contribution in [0.15, 0.2) is 67.0 Å². The number of anilines is 1. The van der Waals surface area contributed by atoms with Gasteiger partial charge >= 0.3 is 6.03 Å². The van der Waals surface area contributed by atoms with Crippen LogP contribution < -0.4 is 10.2 Å². The number of aromatic nitrogens is 2. The number of nitrogens with one attached hydrogen (secondary N) is 1. The van der Waals surface area contributed by atoms with Crippen molar-refractivity contribution < 1.29 is 4.79 Å². The number of para-hydroxylation sites is 1. The maximum atomic E-state index is 12.7. The zero-order valence-corrected chi connectivity index (χ0v) is 16.9. The van der Waals surface area contributed by atoms with E-state index < -0.39 is 0 Å². The number of halogens is 1. The molecule has 2 heterocycles. The molecule has 0 saturated carbocycles. The summed E-state index contributed by atoms with van der Waals surface area (Å²) in [6.45, 7) is 4.08. The van der Waals surface area contributed by atoms with Crippen LogP contribution in [0.1, 0.15) is 11.1 Å². The summed E-state index contributed by atoms with van der Waals surface area (Å²) in [6.07, 6.45) is 3.71. The molecule has 150 valence electrons. The molecule has 1 fully saturated rings. The van der Waals surface area contributed by atoms with E-state index in [0.29, 0.717) is 26.2 Å². The zero-order valence-electron chi connectivity index (χ0n) is 16.2. The summed E-state index contributed by atoms with van der Waals surface area (Å²) in [5.41, 5.74) is 3.29. The molecule has 0 unspecified atom stereocenters. The Morgan fingerprint density at radius 2 is 1.69 bits per heavy atom. The van der Waals surface area contributed by atoms with Crippen molar-refractivity contribution in [3.63, 3.8) is 0 Å². The fourth-order valence-electron chi connectivity index (χ4n) is 3.59. The lowest BCUT2D eigenvalue weighted by molar-refractivity contribution is 0.194. The highest BCUT2D eigenvalue weighted by Crippen LogP contribution is 2.26. The van der Waals surface area contributed by atoms with Crippen LogP contribution in [-0.4, -0.2) is 46.9 Å². The number of hydrogen-bond acceptors (Lipinski definition) is 3.